The van der Waals surface area contributed by atoms with E-state index in [1.807, 2.05) is 37.4 Å². The third kappa shape index (κ3) is 10.1. The maximum atomic E-state index is 13.8. The van der Waals surface area contributed by atoms with Gasteiger partial charge in [-0.15, -0.1) is 23.1 Å². The number of benzene rings is 2. The summed E-state index contributed by atoms with van der Waals surface area (Å²) < 4.78 is 33.3. The Morgan fingerprint density at radius 3 is 2.56 bits per heavy atom. The van der Waals surface area contributed by atoms with E-state index in [9.17, 15) is 13.2 Å². The fourth-order valence-corrected chi connectivity index (χ4v) is 8.04. The highest BCUT2D eigenvalue weighted by Gasteiger charge is 2.25. The first-order chi connectivity index (χ1) is 20.3. The summed E-state index contributed by atoms with van der Waals surface area (Å²) in [6.07, 6.45) is 6.92. The van der Waals surface area contributed by atoms with Gasteiger partial charge >= 0.3 is 6.09 Å². The molecule has 2 aromatic carbocycles. The lowest BCUT2D eigenvalue weighted by Gasteiger charge is -2.18. The molecular weight excluding hydrogens is 603 g/mol. The molecule has 43 heavy (non-hydrogen) atoms. The largest absolute Gasteiger partial charge is 0.444 e. The van der Waals surface area contributed by atoms with Gasteiger partial charge in [0.05, 0.1) is 20.3 Å². The number of carbonyl (C=O) groups is 1. The molecule has 0 aliphatic rings. The number of nitrogens with one attached hydrogen (secondary N) is 4. The lowest BCUT2D eigenvalue weighted by molar-refractivity contribution is 0.0565. The van der Waals surface area contributed by atoms with Crippen molar-refractivity contribution in [3.8, 4) is 11.1 Å². The quantitative estimate of drug-likeness (QED) is 0.0681. The fourth-order valence-electron chi connectivity index (χ4n) is 4.17. The van der Waals surface area contributed by atoms with E-state index in [-0.39, 0.29) is 15.8 Å². The highest BCUT2D eigenvalue weighted by atomic mass is 32.2. The van der Waals surface area contributed by atoms with Gasteiger partial charge in [0.2, 0.25) is 9.84 Å². The number of hydrogen-bond acceptors (Lipinski definition) is 8. The second kappa shape index (κ2) is 15.4. The van der Waals surface area contributed by atoms with Gasteiger partial charge in [0.25, 0.3) is 0 Å². The van der Waals surface area contributed by atoms with Crippen molar-refractivity contribution in [2.45, 2.75) is 79.9 Å². The van der Waals surface area contributed by atoms with Gasteiger partial charge in [0.15, 0.2) is 5.96 Å². The fraction of sp³-hybridized carbons (Fsp3) is 0.387. The van der Waals surface area contributed by atoms with E-state index < -0.39 is 21.5 Å². The topological polar surface area (TPSA) is 133 Å². The van der Waals surface area contributed by atoms with Gasteiger partial charge in [-0.2, -0.15) is 0 Å². The highest BCUT2D eigenvalue weighted by Crippen LogP contribution is 2.41. The summed E-state index contributed by atoms with van der Waals surface area (Å²) >= 11 is 2.55. The van der Waals surface area contributed by atoms with Crippen molar-refractivity contribution < 1.29 is 17.9 Å². The molecule has 9 nitrogen and oxygen atoms in total. The van der Waals surface area contributed by atoms with E-state index in [0.717, 1.165) is 41.8 Å². The minimum absolute atomic E-state index is 0.170. The highest BCUT2D eigenvalue weighted by molar-refractivity contribution is 8.01. The number of nitrogens with zero attached hydrogens (tertiary/aromatic N) is 1. The minimum Gasteiger partial charge on any atom is -0.444 e. The van der Waals surface area contributed by atoms with Crippen LogP contribution in [0.25, 0.3) is 11.1 Å². The molecule has 4 N–H and O–H groups in total. The van der Waals surface area contributed by atoms with E-state index in [1.54, 1.807) is 39.0 Å². The molecule has 0 bridgehead atoms. The number of aliphatic imine (C=N–C) groups is 1. The molecule has 0 fully saturated rings. The molecule has 0 aliphatic heterocycles. The number of carbonyl (C=O) groups excluding carboxylic acids is 1. The maximum absolute atomic E-state index is 13.8. The van der Waals surface area contributed by atoms with Crippen LogP contribution in [0.4, 0.5) is 15.5 Å². The average molecular weight is 644 g/mol. The predicted molar refractivity (Wildman–Crippen MR) is 179 cm³/mol. The molecule has 1 heterocycles. The Morgan fingerprint density at radius 2 is 1.88 bits per heavy atom. The molecule has 0 atom stereocenters. The number of ether oxygens (including phenoxy) is 1. The van der Waals surface area contributed by atoms with Crippen LogP contribution in [0.1, 0.15) is 58.9 Å². The van der Waals surface area contributed by atoms with E-state index in [0.29, 0.717) is 9.21 Å². The zero-order valence-electron chi connectivity index (χ0n) is 25.5. The molecule has 3 aromatic rings. The first-order valence-corrected chi connectivity index (χ1v) is 17.6. The van der Waals surface area contributed by atoms with Crippen molar-refractivity contribution in [2.75, 3.05) is 18.1 Å². The Hall–Kier alpha value is -3.35. The normalized spacial score (nSPS) is 11.9. The zero-order valence-corrected chi connectivity index (χ0v) is 28.0. The summed E-state index contributed by atoms with van der Waals surface area (Å²) in [5.41, 5.74) is 2.76. The first kappa shape index (κ1) is 34.1. The number of aryl methyl sites for hydroxylation is 1. The lowest BCUT2D eigenvalue weighted by Crippen LogP contribution is -2.31. The smallest absolute Gasteiger partial charge is 0.412 e. The molecule has 1 aromatic heterocycles. The molecular formula is C31H41N5O4S3. The number of alkyl carbamates (subject to hydrolysis) is 1. The molecule has 0 saturated heterocycles. The maximum Gasteiger partial charge on any atom is 0.412 e. The first-order valence-electron chi connectivity index (χ1n) is 14.1. The van der Waals surface area contributed by atoms with Crippen LogP contribution in [0.2, 0.25) is 0 Å². The Kier molecular flexibility index (Phi) is 12.2. The van der Waals surface area contributed by atoms with Crippen LogP contribution in [-0.2, 0) is 14.6 Å². The summed E-state index contributed by atoms with van der Waals surface area (Å²) in [4.78, 5) is 16.5. The van der Waals surface area contributed by atoms with Crippen molar-refractivity contribution in [1.82, 2.24) is 10.6 Å². The van der Waals surface area contributed by atoms with E-state index in [4.69, 9.17) is 10.1 Å². The molecule has 0 aliphatic carbocycles. The summed E-state index contributed by atoms with van der Waals surface area (Å²) in [5, 5.41) is 17.2. The Balaban J connectivity index is 1.76. The van der Waals surface area contributed by atoms with Crippen molar-refractivity contribution in [1.29, 1.82) is 5.41 Å². The number of guanidine groups is 1. The van der Waals surface area contributed by atoms with Gasteiger partial charge in [0.1, 0.15) is 10.6 Å². The summed E-state index contributed by atoms with van der Waals surface area (Å²) in [5.74, 6) is 0.251. The molecule has 3 rings (SSSR count). The molecule has 1 amide bonds. The second-order valence-corrected chi connectivity index (χ2v) is 14.9. The second-order valence-electron chi connectivity index (χ2n) is 10.9. The van der Waals surface area contributed by atoms with Gasteiger partial charge in [-0.3, -0.25) is 10.7 Å². The number of thioether (sulfide) groups is 1. The van der Waals surface area contributed by atoms with Crippen LogP contribution in [0.5, 0.6) is 0 Å². The Labute approximate surface area is 263 Å². The number of anilines is 1. The van der Waals surface area contributed by atoms with E-state index in [2.05, 4.69) is 27.9 Å². The lowest BCUT2D eigenvalue weighted by atomic mass is 10.00. The molecule has 0 radical (unpaired) electrons. The van der Waals surface area contributed by atoms with Crippen LogP contribution in [0.3, 0.4) is 0 Å². The molecule has 0 unspecified atom stereocenters. The van der Waals surface area contributed by atoms with Gasteiger partial charge < -0.3 is 15.4 Å². The number of hydrogen-bond donors (Lipinski definition) is 4. The number of sulfone groups is 1. The zero-order chi connectivity index (χ0) is 31.6. The van der Waals surface area contributed by atoms with Crippen molar-refractivity contribution in [2.24, 2.45) is 4.99 Å². The van der Waals surface area contributed by atoms with Crippen LogP contribution >= 0.6 is 23.1 Å². The molecule has 0 saturated carbocycles. The predicted octanol–water partition coefficient (Wildman–Crippen LogP) is 7.98. The van der Waals surface area contributed by atoms with Crippen LogP contribution in [0.15, 0.2) is 67.5 Å². The van der Waals surface area contributed by atoms with E-state index in [1.165, 1.54) is 48.3 Å². The summed E-state index contributed by atoms with van der Waals surface area (Å²) in [6.45, 7) is 10.2. The van der Waals surface area contributed by atoms with Crippen LogP contribution in [-0.4, -0.2) is 45.2 Å². The SMILES string of the molecule is CCCCCCNC(=N)Nc1ccc(-c2cccc(S(=O)(=O)c3cc(/N=C/NC(=O)OC(C)(C)C)sc3SC)c2)c(C)c1. The Bertz CT molecular complexity index is 1560. The standard InChI is InChI=1S/C31H41N5O4S3/c1-7-8-9-10-16-33-29(32)36-23-14-15-25(21(2)17-23)22-12-11-13-24(18-22)43(38,39)26-19-27(42-28(26)41-6)34-20-35-30(37)40-31(3,4)5/h11-15,17-20H,7-10,16H2,1-6H3,(H3,32,33,36)(H,34,35,37). The number of rotatable bonds is 12. The molecule has 232 valence electrons. The van der Waals surface area contributed by atoms with Gasteiger partial charge in [-0.05, 0) is 87.4 Å². The van der Waals surface area contributed by atoms with Crippen molar-refractivity contribution >= 4 is 62.0 Å². The van der Waals surface area contributed by atoms with Gasteiger partial charge in [-0.1, -0.05) is 44.4 Å². The van der Waals surface area contributed by atoms with E-state index >= 15 is 0 Å². The monoisotopic (exact) mass is 643 g/mol. The number of unbranched alkanes of at least 4 members (excludes halogenated alkanes) is 3. The summed E-state index contributed by atoms with van der Waals surface area (Å²) in [7, 11) is -3.85. The number of thiophene rings is 1. The molecule has 12 heteroatoms. The van der Waals surface area contributed by atoms with Gasteiger partial charge in [0, 0.05) is 12.2 Å². The van der Waals surface area contributed by atoms with Crippen LogP contribution < -0.4 is 16.0 Å². The third-order valence-electron chi connectivity index (χ3n) is 6.18. The minimum atomic E-state index is -3.85. The third-order valence-corrected chi connectivity index (χ3v) is 10.4. The van der Waals surface area contributed by atoms with Crippen LogP contribution in [0, 0.1) is 12.3 Å². The Morgan fingerprint density at radius 1 is 1.12 bits per heavy atom. The van der Waals surface area contributed by atoms with Gasteiger partial charge in [-0.25, -0.2) is 18.2 Å². The summed E-state index contributed by atoms with van der Waals surface area (Å²) in [6, 6.07) is 14.2. The molecule has 0 spiro atoms. The average Bonchev–Trinajstić information content (AvgIpc) is 3.36. The number of amides is 1. The van der Waals surface area contributed by atoms with Crippen molar-refractivity contribution in [3.05, 3.63) is 54.1 Å². The van der Waals surface area contributed by atoms with Crippen molar-refractivity contribution in [3.63, 3.8) is 0 Å².